The van der Waals surface area contributed by atoms with Crippen molar-refractivity contribution in [2.45, 2.75) is 11.7 Å². The maximum atomic E-state index is 12.4. The van der Waals surface area contributed by atoms with Crippen LogP contribution in [-0.2, 0) is 16.2 Å². The van der Waals surface area contributed by atoms with E-state index in [4.69, 9.17) is 5.73 Å². The number of allylic oxidation sites excluding steroid dienone is 1. The van der Waals surface area contributed by atoms with Crippen molar-refractivity contribution in [1.82, 2.24) is 9.71 Å². The molecule has 1 aromatic heterocycles. The minimum absolute atomic E-state index is 0.0384. The van der Waals surface area contributed by atoms with Crippen LogP contribution in [0.3, 0.4) is 0 Å². The van der Waals surface area contributed by atoms with Crippen molar-refractivity contribution in [1.29, 1.82) is 0 Å². The minimum Gasteiger partial charge on any atom is -0.405 e. The molecule has 0 saturated carbocycles. The van der Waals surface area contributed by atoms with Crippen LogP contribution >= 0.6 is 0 Å². The number of nitrogens with one attached hydrogen (secondary N) is 2. The van der Waals surface area contributed by atoms with Crippen LogP contribution in [0.1, 0.15) is 5.56 Å². The fraction of sp³-hybridized carbons (Fsp3) is 0.333. The van der Waals surface area contributed by atoms with E-state index >= 15 is 0 Å². The Hall–Kier alpha value is -2.18. The first kappa shape index (κ1) is 19.9. The Bertz CT molecular complexity index is 674. The predicted molar refractivity (Wildman–Crippen MR) is 82.5 cm³/mol. The van der Waals surface area contributed by atoms with Gasteiger partial charge in [0.05, 0.1) is 5.56 Å². The zero-order chi connectivity index (χ0) is 18.2. The summed E-state index contributed by atoms with van der Waals surface area (Å²) in [5.74, 6) is 0.147. The topological polar surface area (TPSA) is 130 Å². The SMILES string of the molecule is NC=CC=NC(O)S(=O)(=O)NCCNc1ccc(C(F)(F)F)cn1. The van der Waals surface area contributed by atoms with Gasteiger partial charge in [-0.15, -0.1) is 0 Å². The van der Waals surface area contributed by atoms with Crippen molar-refractivity contribution >= 4 is 22.1 Å². The van der Waals surface area contributed by atoms with E-state index in [1.807, 2.05) is 0 Å². The van der Waals surface area contributed by atoms with Gasteiger partial charge in [0.25, 0.3) is 15.6 Å². The summed E-state index contributed by atoms with van der Waals surface area (Å²) < 4.78 is 62.3. The van der Waals surface area contributed by atoms with Gasteiger partial charge < -0.3 is 16.2 Å². The first-order chi connectivity index (χ1) is 11.2. The summed E-state index contributed by atoms with van der Waals surface area (Å²) in [5.41, 5.74) is 2.13. The number of nitrogens with zero attached hydrogens (tertiary/aromatic N) is 2. The molecule has 12 heteroatoms. The summed E-state index contributed by atoms with van der Waals surface area (Å²) in [6, 6.07) is 1.97. The lowest BCUT2D eigenvalue weighted by Gasteiger charge is -2.11. The normalized spacial score (nSPS) is 14.3. The van der Waals surface area contributed by atoms with Gasteiger partial charge >= 0.3 is 6.18 Å². The van der Waals surface area contributed by atoms with Crippen molar-refractivity contribution in [2.24, 2.45) is 10.7 Å². The van der Waals surface area contributed by atoms with E-state index in [0.29, 0.717) is 6.20 Å². The van der Waals surface area contributed by atoms with Crippen LogP contribution in [0.2, 0.25) is 0 Å². The smallest absolute Gasteiger partial charge is 0.405 e. The number of anilines is 1. The number of nitrogens with two attached hydrogens (primary N) is 1. The lowest BCUT2D eigenvalue weighted by Crippen LogP contribution is -2.36. The molecule has 1 heterocycles. The Morgan fingerprint density at radius 3 is 2.62 bits per heavy atom. The van der Waals surface area contributed by atoms with Gasteiger partial charge in [-0.1, -0.05) is 0 Å². The standard InChI is InChI=1S/C12H16F3N5O3S/c13-12(14,15)9-2-3-10(19-8-9)17-6-7-20-24(22,23)11(21)18-5-1-4-16/h1-5,8,11,20-21H,6-7,16H2,(H,17,19). The monoisotopic (exact) mass is 367 g/mol. The Balaban J connectivity index is 2.45. The number of aliphatic hydroxyl groups excluding tert-OH is 1. The molecule has 0 aliphatic carbocycles. The molecule has 0 bridgehead atoms. The highest BCUT2D eigenvalue weighted by Crippen LogP contribution is 2.28. The van der Waals surface area contributed by atoms with Gasteiger partial charge in [0.15, 0.2) is 0 Å². The van der Waals surface area contributed by atoms with Gasteiger partial charge in [-0.3, -0.25) is 0 Å². The molecular weight excluding hydrogens is 351 g/mol. The van der Waals surface area contributed by atoms with Crippen LogP contribution in [0, 0.1) is 0 Å². The number of aliphatic imine (C=N–C) groups is 1. The summed E-state index contributed by atoms with van der Waals surface area (Å²) in [7, 11) is -4.10. The first-order valence-corrected chi connectivity index (χ1v) is 8.05. The van der Waals surface area contributed by atoms with Crippen molar-refractivity contribution in [3.63, 3.8) is 0 Å². The van der Waals surface area contributed by atoms with Gasteiger partial charge in [0.2, 0.25) is 0 Å². The van der Waals surface area contributed by atoms with Gasteiger partial charge in [0.1, 0.15) is 5.82 Å². The molecule has 0 fully saturated rings. The van der Waals surface area contributed by atoms with Crippen LogP contribution in [0.15, 0.2) is 35.6 Å². The summed E-state index contributed by atoms with van der Waals surface area (Å²) in [4.78, 5) is 6.89. The minimum atomic E-state index is -4.48. The van der Waals surface area contributed by atoms with Gasteiger partial charge in [-0.05, 0) is 24.4 Å². The maximum Gasteiger partial charge on any atom is 0.417 e. The van der Waals surface area contributed by atoms with E-state index in [9.17, 15) is 26.7 Å². The third-order valence-corrected chi connectivity index (χ3v) is 3.80. The van der Waals surface area contributed by atoms with Crippen LogP contribution < -0.4 is 15.8 Å². The van der Waals surface area contributed by atoms with E-state index < -0.39 is 27.3 Å². The number of hydrogen-bond donors (Lipinski definition) is 4. The molecule has 0 aliphatic rings. The second kappa shape index (κ2) is 8.61. The van der Waals surface area contributed by atoms with Crippen LogP contribution in [-0.4, -0.2) is 43.4 Å². The highest BCUT2D eigenvalue weighted by Gasteiger charge is 2.30. The zero-order valence-corrected chi connectivity index (χ0v) is 13.0. The van der Waals surface area contributed by atoms with E-state index in [0.717, 1.165) is 24.5 Å². The number of hydrogen-bond acceptors (Lipinski definition) is 7. The third kappa shape index (κ3) is 6.52. The summed E-state index contributed by atoms with van der Waals surface area (Å²) >= 11 is 0. The number of pyridine rings is 1. The average molecular weight is 367 g/mol. The Labute approximate surface area is 136 Å². The fourth-order valence-corrected chi connectivity index (χ4v) is 2.14. The molecule has 24 heavy (non-hydrogen) atoms. The van der Waals surface area contributed by atoms with Crippen molar-refractivity contribution in [3.05, 3.63) is 36.2 Å². The molecular formula is C12H16F3N5O3S. The van der Waals surface area contributed by atoms with Crippen molar-refractivity contribution in [2.75, 3.05) is 18.4 Å². The Kier molecular flexibility index (Phi) is 7.13. The third-order valence-electron chi connectivity index (χ3n) is 2.51. The summed E-state index contributed by atoms with van der Waals surface area (Å²) in [6.07, 6.45) is -0.449. The van der Waals surface area contributed by atoms with E-state index in [2.05, 4.69) is 20.0 Å². The molecule has 5 N–H and O–H groups in total. The largest absolute Gasteiger partial charge is 0.417 e. The number of alkyl halides is 3. The molecule has 1 unspecified atom stereocenters. The van der Waals surface area contributed by atoms with Gasteiger partial charge in [-0.2, -0.15) is 13.2 Å². The fourth-order valence-electron chi connectivity index (χ4n) is 1.38. The number of aromatic nitrogens is 1. The van der Waals surface area contributed by atoms with Crippen molar-refractivity contribution in [3.8, 4) is 0 Å². The number of sulfonamides is 1. The summed E-state index contributed by atoms with van der Waals surface area (Å²) in [6.45, 7) is -0.0962. The van der Waals surface area contributed by atoms with Crippen molar-refractivity contribution < 1.29 is 26.7 Å². The number of aliphatic hydroxyl groups is 1. The average Bonchev–Trinajstić information content (AvgIpc) is 2.51. The first-order valence-electron chi connectivity index (χ1n) is 6.50. The van der Waals surface area contributed by atoms with Crippen LogP contribution in [0.25, 0.3) is 0 Å². The van der Waals surface area contributed by atoms with Gasteiger partial charge in [-0.25, -0.2) is 23.1 Å². The number of rotatable bonds is 8. The van der Waals surface area contributed by atoms with E-state index in [1.54, 1.807) is 0 Å². The Morgan fingerprint density at radius 2 is 2.08 bits per heavy atom. The maximum absolute atomic E-state index is 12.4. The highest BCUT2D eigenvalue weighted by atomic mass is 32.2. The molecule has 0 radical (unpaired) electrons. The zero-order valence-electron chi connectivity index (χ0n) is 12.2. The lowest BCUT2D eigenvalue weighted by atomic mass is 10.3. The molecule has 8 nitrogen and oxygen atoms in total. The molecule has 0 saturated heterocycles. The van der Waals surface area contributed by atoms with Crippen LogP contribution in [0.4, 0.5) is 19.0 Å². The predicted octanol–water partition coefficient (Wildman–Crippen LogP) is 0.251. The molecule has 1 aromatic rings. The van der Waals surface area contributed by atoms with Gasteiger partial charge in [0, 0.05) is 25.5 Å². The molecule has 0 amide bonds. The summed E-state index contributed by atoms with van der Waals surface area (Å²) in [5, 5.41) is 12.0. The molecule has 134 valence electrons. The van der Waals surface area contributed by atoms with Crippen LogP contribution in [0.5, 0.6) is 0 Å². The second-order valence-corrected chi connectivity index (χ2v) is 6.11. The van der Waals surface area contributed by atoms with E-state index in [1.165, 1.54) is 6.08 Å². The molecule has 1 rings (SSSR count). The second-order valence-electron chi connectivity index (χ2n) is 4.31. The number of halogens is 3. The van der Waals surface area contributed by atoms with E-state index in [-0.39, 0.29) is 18.9 Å². The molecule has 1 atom stereocenters. The Morgan fingerprint density at radius 1 is 1.38 bits per heavy atom. The quantitative estimate of drug-likeness (QED) is 0.385. The molecule has 0 aromatic carbocycles. The molecule has 0 aliphatic heterocycles. The lowest BCUT2D eigenvalue weighted by molar-refractivity contribution is -0.137. The highest BCUT2D eigenvalue weighted by molar-refractivity contribution is 7.89. The molecule has 0 spiro atoms.